The number of oxazole rings is 1. The number of nitrogens with zero attached hydrogens (tertiary/aromatic N) is 6. The second-order valence-corrected chi connectivity index (χ2v) is 16.8. The van der Waals surface area contributed by atoms with E-state index in [1.807, 2.05) is 0 Å². The number of nitrogens with two attached hydrogens (primary N) is 1. The van der Waals surface area contributed by atoms with Crippen molar-refractivity contribution in [2.24, 2.45) is 18.7 Å². The molecule has 2 aromatic carbocycles. The van der Waals surface area contributed by atoms with Gasteiger partial charge in [-0.2, -0.15) is 19.0 Å². The third kappa shape index (κ3) is 5.88. The molecular formula is C36H29ClF6N8O4S. The maximum absolute atomic E-state index is 16.1. The molecular weight excluding hydrogens is 790 g/mol. The number of anilines is 1. The lowest BCUT2D eigenvalue weighted by molar-refractivity contribution is -0.122. The van der Waals surface area contributed by atoms with Crippen LogP contribution in [0.5, 0.6) is 0 Å². The molecule has 6 aromatic rings. The van der Waals surface area contributed by atoms with Crippen LogP contribution in [0.25, 0.3) is 33.3 Å². The molecule has 292 valence electrons. The number of nitrogens with one attached hydrogen (secondary N) is 1. The number of pyridine rings is 1. The summed E-state index contributed by atoms with van der Waals surface area (Å²) in [7, 11) is -2.36. The Hall–Kier alpha value is -5.17. The first kappa shape index (κ1) is 36.5. The van der Waals surface area contributed by atoms with Crippen molar-refractivity contribution in [2.75, 3.05) is 11.0 Å². The Balaban J connectivity index is 1.35. The Kier molecular flexibility index (Phi) is 8.08. The molecule has 0 saturated heterocycles. The summed E-state index contributed by atoms with van der Waals surface area (Å²) in [6.07, 6.45) is -1.33. The number of primary amides is 1. The molecule has 3 N–H and O–H groups in total. The second-order valence-electron chi connectivity index (χ2n) is 14.6. The largest absolute Gasteiger partial charge is 0.422 e. The lowest BCUT2D eigenvalue weighted by atomic mass is 9.84. The molecule has 3 aliphatic rings. The minimum absolute atomic E-state index is 0.00225. The molecule has 0 aliphatic heterocycles. The minimum Gasteiger partial charge on any atom is -0.422 e. The summed E-state index contributed by atoms with van der Waals surface area (Å²) < 4.78 is 126. The van der Waals surface area contributed by atoms with E-state index < -0.39 is 81.5 Å². The highest BCUT2D eigenvalue weighted by atomic mass is 35.5. The van der Waals surface area contributed by atoms with Crippen molar-refractivity contribution in [3.63, 3.8) is 0 Å². The summed E-state index contributed by atoms with van der Waals surface area (Å²) in [4.78, 5) is 23.2. The molecule has 4 heterocycles. The van der Waals surface area contributed by atoms with E-state index >= 15 is 8.78 Å². The van der Waals surface area contributed by atoms with Gasteiger partial charge in [0.15, 0.2) is 5.82 Å². The fourth-order valence-corrected chi connectivity index (χ4v) is 8.92. The Bertz CT molecular complexity index is 2750. The fraction of sp³-hybridized carbons (Fsp3) is 0.361. The highest BCUT2D eigenvalue weighted by molar-refractivity contribution is 7.92. The summed E-state index contributed by atoms with van der Waals surface area (Å²) >= 11 is 6.63. The summed E-state index contributed by atoms with van der Waals surface area (Å²) in [6.45, 7) is 0. The van der Waals surface area contributed by atoms with Crippen molar-refractivity contribution in [1.82, 2.24) is 29.5 Å². The Morgan fingerprint density at radius 3 is 2.43 bits per heavy atom. The summed E-state index contributed by atoms with van der Waals surface area (Å²) in [6, 6.07) is 5.11. The molecule has 4 aromatic heterocycles. The monoisotopic (exact) mass is 818 g/mol. The molecule has 4 atom stereocenters. The fourth-order valence-electron chi connectivity index (χ4n) is 8.19. The van der Waals surface area contributed by atoms with Gasteiger partial charge in [-0.3, -0.25) is 14.2 Å². The van der Waals surface area contributed by atoms with Crippen LogP contribution in [0.4, 0.5) is 32.2 Å². The molecule has 0 spiro atoms. The molecule has 20 heteroatoms. The number of rotatable bonds is 11. The summed E-state index contributed by atoms with van der Waals surface area (Å²) in [5, 5.41) is 8.52. The Labute approximate surface area is 318 Å². The van der Waals surface area contributed by atoms with Crippen LogP contribution in [-0.4, -0.2) is 50.1 Å². The van der Waals surface area contributed by atoms with Crippen LogP contribution in [0.15, 0.2) is 40.8 Å². The number of halogens is 7. The van der Waals surface area contributed by atoms with E-state index in [2.05, 4.69) is 19.9 Å². The molecule has 0 radical (unpaired) electrons. The van der Waals surface area contributed by atoms with Crippen LogP contribution in [0, 0.1) is 17.6 Å². The molecule has 9 rings (SSSR count). The van der Waals surface area contributed by atoms with E-state index in [0.717, 1.165) is 31.2 Å². The number of amides is 1. The molecule has 2 fully saturated rings. The molecule has 0 bridgehead atoms. The van der Waals surface area contributed by atoms with Crippen molar-refractivity contribution < 1.29 is 44.0 Å². The highest BCUT2D eigenvalue weighted by Gasteiger charge is 2.67. The molecule has 1 unspecified atom stereocenters. The number of hydrogen-bond acceptors (Lipinski definition) is 8. The van der Waals surface area contributed by atoms with Gasteiger partial charge in [-0.05, 0) is 61.4 Å². The normalized spacial score (nSPS) is 19.8. The van der Waals surface area contributed by atoms with Gasteiger partial charge in [0.25, 0.3) is 12.3 Å². The molecule has 56 heavy (non-hydrogen) atoms. The van der Waals surface area contributed by atoms with Crippen molar-refractivity contribution in [3.8, 4) is 11.1 Å². The van der Waals surface area contributed by atoms with Gasteiger partial charge in [-0.25, -0.2) is 40.6 Å². The van der Waals surface area contributed by atoms with Crippen LogP contribution in [0.2, 0.25) is 5.02 Å². The summed E-state index contributed by atoms with van der Waals surface area (Å²) in [5.41, 5.74) is 4.60. The van der Waals surface area contributed by atoms with Crippen LogP contribution in [-0.2, 0) is 34.2 Å². The SMILES string of the molecule is Cn1nc(NS(C)(=O)=O)c2c(Cl)ccc(-c3cc4nc(C5CC5)oc4nc3[C@@H](Cc3cc(F)cc(F)c3)C(C(N)=O)n3nc(C(F)F)c4c3C(F)(F)[C@@H]3C[C@H]43)c21. The third-order valence-electron chi connectivity index (χ3n) is 10.7. The molecule has 3 aliphatic carbocycles. The number of alkyl halides is 4. The first-order chi connectivity index (χ1) is 26.4. The van der Waals surface area contributed by atoms with E-state index in [1.165, 1.54) is 17.8 Å². The van der Waals surface area contributed by atoms with Crippen LogP contribution < -0.4 is 10.5 Å². The predicted molar refractivity (Wildman–Crippen MR) is 190 cm³/mol. The van der Waals surface area contributed by atoms with E-state index in [0.29, 0.717) is 16.6 Å². The van der Waals surface area contributed by atoms with E-state index in [9.17, 15) is 30.8 Å². The van der Waals surface area contributed by atoms with Crippen molar-refractivity contribution in [1.29, 1.82) is 0 Å². The van der Waals surface area contributed by atoms with E-state index in [4.69, 9.17) is 26.7 Å². The number of carbonyl (C=O) groups is 1. The van der Waals surface area contributed by atoms with Gasteiger partial charge in [-0.15, -0.1) is 0 Å². The minimum atomic E-state index is -3.87. The molecule has 12 nitrogen and oxygen atoms in total. The molecule has 2 saturated carbocycles. The number of sulfonamides is 1. The number of benzene rings is 2. The van der Waals surface area contributed by atoms with Crippen LogP contribution in [0.3, 0.4) is 0 Å². The van der Waals surface area contributed by atoms with Gasteiger partial charge < -0.3 is 10.2 Å². The van der Waals surface area contributed by atoms with Crippen LogP contribution in [0.1, 0.15) is 83.6 Å². The first-order valence-corrected chi connectivity index (χ1v) is 19.7. The number of carbonyl (C=O) groups excluding carboxylic acids is 1. The zero-order valence-electron chi connectivity index (χ0n) is 29.2. The van der Waals surface area contributed by atoms with Gasteiger partial charge in [-0.1, -0.05) is 17.7 Å². The quantitative estimate of drug-likeness (QED) is 0.128. The maximum atomic E-state index is 16.1. The zero-order valence-corrected chi connectivity index (χ0v) is 30.8. The van der Waals surface area contributed by atoms with Gasteiger partial charge in [0.05, 0.1) is 27.9 Å². The van der Waals surface area contributed by atoms with Crippen molar-refractivity contribution >= 4 is 55.5 Å². The second kappa shape index (κ2) is 12.4. The number of aromatic nitrogens is 6. The lowest BCUT2D eigenvalue weighted by Crippen LogP contribution is -2.37. The van der Waals surface area contributed by atoms with E-state index in [-0.39, 0.29) is 73.3 Å². The van der Waals surface area contributed by atoms with Gasteiger partial charge in [0.1, 0.15) is 34.6 Å². The molecule has 1 amide bonds. The van der Waals surface area contributed by atoms with Gasteiger partial charge in [0.2, 0.25) is 27.5 Å². The number of aryl methyl sites for hydroxylation is 1. The maximum Gasteiger partial charge on any atom is 0.293 e. The van der Waals surface area contributed by atoms with E-state index in [1.54, 1.807) is 12.1 Å². The smallest absolute Gasteiger partial charge is 0.293 e. The zero-order chi connectivity index (χ0) is 39.7. The average molecular weight is 819 g/mol. The van der Waals surface area contributed by atoms with Crippen LogP contribution >= 0.6 is 11.6 Å². The topological polar surface area (TPSA) is 164 Å². The van der Waals surface area contributed by atoms with Crippen molar-refractivity contribution in [3.05, 3.63) is 87.2 Å². The Morgan fingerprint density at radius 2 is 1.79 bits per heavy atom. The average Bonchev–Trinajstić information content (AvgIpc) is 3.97. The Morgan fingerprint density at radius 1 is 1.07 bits per heavy atom. The predicted octanol–water partition coefficient (Wildman–Crippen LogP) is 7.35. The lowest BCUT2D eigenvalue weighted by Gasteiger charge is -2.29. The van der Waals surface area contributed by atoms with Gasteiger partial charge in [0, 0.05) is 47.6 Å². The van der Waals surface area contributed by atoms with Gasteiger partial charge >= 0.3 is 0 Å². The summed E-state index contributed by atoms with van der Waals surface area (Å²) in [5.74, 6) is -10.4. The number of hydrogen-bond donors (Lipinski definition) is 2. The highest BCUT2D eigenvalue weighted by Crippen LogP contribution is 2.68. The first-order valence-electron chi connectivity index (χ1n) is 17.4. The van der Waals surface area contributed by atoms with Crippen molar-refractivity contribution in [2.45, 2.75) is 61.8 Å². The standard InChI is InChI=1S/C36H29ClF6N8O4S/c1-50-28-17(5-6-22(37)25(28)33(48-50)49-56(2,53)54)18-12-23-35(55-34(45-23)14-3-4-14)46-26(18)20(9-13-7-15(38)10-16(39)8-13)29(32(44)52)51-30-24(27(47-51)31(40)41)19-11-21(19)36(30,42)43/h5-8,10,12,14,19-21,29,31H,3-4,9,11H2,1-2H3,(H2,44,52)(H,48,49)/t19-,20+,21+,29?/m0/s1. The number of fused-ring (bicyclic) bond motifs is 5. The third-order valence-corrected chi connectivity index (χ3v) is 11.5.